The van der Waals surface area contributed by atoms with Crippen LogP contribution in [0.2, 0.25) is 0 Å². The van der Waals surface area contributed by atoms with Gasteiger partial charge in [0.1, 0.15) is 12.2 Å². The molecule has 1 aromatic heterocycles. The van der Waals surface area contributed by atoms with Crippen molar-refractivity contribution in [3.05, 3.63) is 22.7 Å². The molecule has 0 aromatic carbocycles. The van der Waals surface area contributed by atoms with Crippen molar-refractivity contribution >= 4 is 13.4 Å². The Morgan fingerprint density at radius 2 is 2.05 bits per heavy atom. The third kappa shape index (κ3) is 7.31. The van der Waals surface area contributed by atoms with E-state index in [1.54, 1.807) is 0 Å². The smallest absolute Gasteiger partial charge is 0.350 e. The van der Waals surface area contributed by atoms with Gasteiger partial charge in [0.15, 0.2) is 0 Å². The van der Waals surface area contributed by atoms with Gasteiger partial charge >= 0.3 is 13.3 Å². The molecule has 0 amide bonds. The van der Waals surface area contributed by atoms with Crippen LogP contribution >= 0.6 is 7.60 Å². The van der Waals surface area contributed by atoms with Crippen LogP contribution in [-0.4, -0.2) is 54.5 Å². The Labute approximate surface area is 113 Å². The number of nitrogens with zero attached hydrogens (tertiary/aromatic N) is 2. The van der Waals surface area contributed by atoms with Crippen LogP contribution < -0.4 is 11.4 Å². The summed E-state index contributed by atoms with van der Waals surface area (Å²) in [5, 5.41) is 8.99. The normalized spacial score (nSPS) is 12.2. The SMILES string of the molecule is Nc1ccn(C[C@@H](CO)OCP(=O)(O)O)c(=O)n1.O.O. The highest BCUT2D eigenvalue weighted by atomic mass is 31.2. The number of aromatic nitrogens is 2. The van der Waals surface area contributed by atoms with Gasteiger partial charge in [0.2, 0.25) is 0 Å². The first-order chi connectivity index (χ1) is 8.31. The van der Waals surface area contributed by atoms with Gasteiger partial charge in [0, 0.05) is 6.20 Å². The second-order valence-corrected chi connectivity index (χ2v) is 5.14. The van der Waals surface area contributed by atoms with Crippen molar-refractivity contribution in [3.8, 4) is 0 Å². The summed E-state index contributed by atoms with van der Waals surface area (Å²) in [6, 6.07) is 1.39. The van der Waals surface area contributed by atoms with Gasteiger partial charge in [-0.25, -0.2) is 4.79 Å². The number of anilines is 1. The molecule has 9 N–H and O–H groups in total. The third-order valence-electron chi connectivity index (χ3n) is 1.98. The molecular weight excluding hydrogens is 297 g/mol. The van der Waals surface area contributed by atoms with E-state index in [9.17, 15) is 9.36 Å². The van der Waals surface area contributed by atoms with E-state index in [0.717, 1.165) is 4.57 Å². The Kier molecular flexibility index (Phi) is 9.19. The molecule has 118 valence electrons. The number of rotatable bonds is 6. The molecule has 20 heavy (non-hydrogen) atoms. The summed E-state index contributed by atoms with van der Waals surface area (Å²) in [4.78, 5) is 32.1. The van der Waals surface area contributed by atoms with Gasteiger partial charge in [-0.05, 0) is 6.07 Å². The summed E-state index contributed by atoms with van der Waals surface area (Å²) in [6.45, 7) is -0.570. The van der Waals surface area contributed by atoms with Gasteiger partial charge in [-0.15, -0.1) is 0 Å². The van der Waals surface area contributed by atoms with Crippen molar-refractivity contribution in [2.45, 2.75) is 12.6 Å². The molecule has 1 aromatic rings. The highest BCUT2D eigenvalue weighted by Crippen LogP contribution is 2.34. The van der Waals surface area contributed by atoms with Crippen LogP contribution in [0.3, 0.4) is 0 Å². The molecule has 0 aliphatic rings. The molecule has 0 aliphatic heterocycles. The zero-order valence-electron chi connectivity index (χ0n) is 10.3. The van der Waals surface area contributed by atoms with E-state index >= 15 is 0 Å². The summed E-state index contributed by atoms with van der Waals surface area (Å²) >= 11 is 0. The Morgan fingerprint density at radius 3 is 2.50 bits per heavy atom. The highest BCUT2D eigenvalue weighted by Gasteiger charge is 2.18. The van der Waals surface area contributed by atoms with Crippen molar-refractivity contribution in [3.63, 3.8) is 0 Å². The van der Waals surface area contributed by atoms with Crippen LogP contribution in [0.15, 0.2) is 17.1 Å². The Balaban J connectivity index is 0. The summed E-state index contributed by atoms with van der Waals surface area (Å²) < 4.78 is 16.5. The highest BCUT2D eigenvalue weighted by molar-refractivity contribution is 7.51. The second-order valence-electron chi connectivity index (χ2n) is 3.55. The van der Waals surface area contributed by atoms with Crippen LogP contribution in [0.5, 0.6) is 0 Å². The third-order valence-corrected chi connectivity index (χ3v) is 2.46. The van der Waals surface area contributed by atoms with E-state index in [1.807, 2.05) is 0 Å². The van der Waals surface area contributed by atoms with E-state index in [2.05, 4.69) is 4.98 Å². The molecule has 0 saturated heterocycles. The van der Waals surface area contributed by atoms with E-state index in [1.165, 1.54) is 12.3 Å². The summed E-state index contributed by atoms with van der Waals surface area (Å²) in [5.74, 6) is 0.0629. The van der Waals surface area contributed by atoms with Gasteiger partial charge in [-0.3, -0.25) is 9.13 Å². The molecule has 0 fully saturated rings. The lowest BCUT2D eigenvalue weighted by Gasteiger charge is -2.16. The molecule has 1 atom stereocenters. The summed E-state index contributed by atoms with van der Waals surface area (Å²) in [6.07, 6.45) is -0.385. The minimum Gasteiger partial charge on any atom is -0.412 e. The lowest BCUT2D eigenvalue weighted by atomic mass is 10.3. The number of hydrogen-bond acceptors (Lipinski definition) is 6. The molecule has 1 heterocycles. The number of ether oxygens (including phenoxy) is 1. The van der Waals surface area contributed by atoms with Crippen molar-refractivity contribution in [2.24, 2.45) is 0 Å². The zero-order valence-corrected chi connectivity index (χ0v) is 11.2. The van der Waals surface area contributed by atoms with Crippen molar-refractivity contribution < 1.29 is 35.1 Å². The molecule has 0 radical (unpaired) electrons. The van der Waals surface area contributed by atoms with Crippen LogP contribution in [0.25, 0.3) is 0 Å². The van der Waals surface area contributed by atoms with Gasteiger partial charge < -0.3 is 36.3 Å². The Hall–Kier alpha value is -1.33. The summed E-state index contributed by atoms with van der Waals surface area (Å²) in [5.41, 5.74) is 4.67. The fraction of sp³-hybridized carbons (Fsp3) is 0.500. The summed E-state index contributed by atoms with van der Waals surface area (Å²) in [7, 11) is -4.31. The van der Waals surface area contributed by atoms with Crippen LogP contribution in [0.4, 0.5) is 5.82 Å². The fourth-order valence-corrected chi connectivity index (χ4v) is 1.57. The molecule has 0 bridgehead atoms. The largest absolute Gasteiger partial charge is 0.412 e. The number of nitrogen functional groups attached to an aromatic ring is 1. The Morgan fingerprint density at radius 1 is 1.45 bits per heavy atom. The van der Waals surface area contributed by atoms with Crippen molar-refractivity contribution in [1.29, 1.82) is 0 Å². The molecule has 0 saturated carbocycles. The molecular formula is C8H18N3O8P. The maximum Gasteiger partial charge on any atom is 0.350 e. The van der Waals surface area contributed by atoms with Gasteiger partial charge in [0.05, 0.1) is 19.3 Å². The second kappa shape index (κ2) is 8.76. The number of nitrogens with two attached hydrogens (primary N) is 1. The molecule has 11 nitrogen and oxygen atoms in total. The van der Waals surface area contributed by atoms with E-state index in [-0.39, 0.29) is 23.3 Å². The van der Waals surface area contributed by atoms with Crippen molar-refractivity contribution in [1.82, 2.24) is 9.55 Å². The monoisotopic (exact) mass is 315 g/mol. The first kappa shape index (κ1) is 21.0. The standard InChI is InChI=1S/C8H14N3O6P.2H2O/c9-7-1-2-11(8(13)10-7)3-6(4-12)17-5-18(14,15)16;;/h1-2,6,12H,3-5H2,(H2,9,10,13)(H2,14,15,16);2*1H2/t6-;;/m0../s1. The van der Waals surface area contributed by atoms with Crippen molar-refractivity contribution in [2.75, 3.05) is 18.7 Å². The molecule has 0 aliphatic carbocycles. The zero-order chi connectivity index (χ0) is 13.8. The van der Waals surface area contributed by atoms with Gasteiger partial charge in [-0.2, -0.15) is 4.98 Å². The van der Waals surface area contributed by atoms with E-state index < -0.39 is 32.3 Å². The molecule has 1 rings (SSSR count). The maximum atomic E-state index is 11.4. The van der Waals surface area contributed by atoms with Gasteiger partial charge in [-0.1, -0.05) is 0 Å². The van der Waals surface area contributed by atoms with Gasteiger partial charge in [0.25, 0.3) is 0 Å². The number of aliphatic hydroxyl groups is 1. The molecule has 0 unspecified atom stereocenters. The number of aliphatic hydroxyl groups excluding tert-OH is 1. The van der Waals surface area contributed by atoms with E-state index in [0.29, 0.717) is 0 Å². The van der Waals surface area contributed by atoms with Crippen LogP contribution in [-0.2, 0) is 15.8 Å². The molecule has 12 heteroatoms. The predicted molar refractivity (Wildman–Crippen MR) is 69.0 cm³/mol. The Bertz CT molecular complexity index is 501. The first-order valence-electron chi connectivity index (χ1n) is 4.92. The first-order valence-corrected chi connectivity index (χ1v) is 6.71. The fourth-order valence-electron chi connectivity index (χ4n) is 1.17. The topological polar surface area (TPSA) is 211 Å². The number of hydrogen-bond donors (Lipinski definition) is 4. The average molecular weight is 315 g/mol. The predicted octanol–water partition coefficient (Wildman–Crippen LogP) is -3.31. The van der Waals surface area contributed by atoms with Crippen LogP contribution in [0, 0.1) is 0 Å². The minimum atomic E-state index is -4.31. The minimum absolute atomic E-state index is 0. The van der Waals surface area contributed by atoms with Crippen LogP contribution in [0.1, 0.15) is 0 Å². The van der Waals surface area contributed by atoms with E-state index in [4.69, 9.17) is 25.4 Å². The molecule has 0 spiro atoms. The lowest BCUT2D eigenvalue weighted by molar-refractivity contribution is 0.0188. The average Bonchev–Trinajstić information content (AvgIpc) is 2.25. The quantitative estimate of drug-likeness (QED) is 0.389. The lowest BCUT2D eigenvalue weighted by Crippen LogP contribution is -2.32. The maximum absolute atomic E-state index is 11.4.